The van der Waals surface area contributed by atoms with Gasteiger partial charge in [-0.05, 0) is 33.1 Å². The topological polar surface area (TPSA) is 60.0 Å². The number of hydrogen-bond acceptors (Lipinski definition) is 3. The zero-order chi connectivity index (χ0) is 18.1. The van der Waals surface area contributed by atoms with Crippen molar-refractivity contribution in [3.05, 3.63) is 12.2 Å². The van der Waals surface area contributed by atoms with Gasteiger partial charge in [-0.3, -0.25) is 9.69 Å². The number of piperidine rings is 1. The predicted octanol–water partition coefficient (Wildman–Crippen LogP) is 2.07. The number of halogens is 1. The summed E-state index contributed by atoms with van der Waals surface area (Å²) in [7, 11) is 3.51. The Bertz CT molecular complexity index is 445. The number of aliphatic imine (C=N–C) groups is 1. The van der Waals surface area contributed by atoms with Gasteiger partial charge in [-0.25, -0.2) is 4.99 Å². The van der Waals surface area contributed by atoms with Crippen LogP contribution in [0.5, 0.6) is 0 Å². The quantitative estimate of drug-likeness (QED) is 0.262. The van der Waals surface area contributed by atoms with Gasteiger partial charge in [0.05, 0.1) is 0 Å². The number of carbonyl (C=O) groups excluding carboxylic acids is 1. The van der Waals surface area contributed by atoms with E-state index in [4.69, 9.17) is 0 Å². The molecule has 0 aromatic heterocycles. The van der Waals surface area contributed by atoms with Crippen LogP contribution in [0.3, 0.4) is 0 Å². The molecule has 0 spiro atoms. The minimum absolute atomic E-state index is 0. The molecule has 0 aromatic carbocycles. The zero-order valence-electron chi connectivity index (χ0n) is 16.5. The summed E-state index contributed by atoms with van der Waals surface area (Å²) < 4.78 is 0. The molecule has 0 bridgehead atoms. The van der Waals surface area contributed by atoms with Crippen LogP contribution < -0.4 is 10.6 Å². The Morgan fingerprint density at radius 3 is 2.44 bits per heavy atom. The number of carbonyl (C=O) groups is 1. The van der Waals surface area contributed by atoms with Crippen molar-refractivity contribution in [2.75, 3.05) is 40.3 Å². The van der Waals surface area contributed by atoms with E-state index in [0.29, 0.717) is 12.1 Å². The van der Waals surface area contributed by atoms with Gasteiger partial charge < -0.3 is 15.5 Å². The molecule has 1 unspecified atom stereocenters. The van der Waals surface area contributed by atoms with Crippen molar-refractivity contribution in [1.29, 1.82) is 0 Å². The van der Waals surface area contributed by atoms with Crippen LogP contribution in [0.1, 0.15) is 40.0 Å². The minimum Gasteiger partial charge on any atom is -0.354 e. The molecule has 146 valence electrons. The zero-order valence-corrected chi connectivity index (χ0v) is 18.8. The Hall–Kier alpha value is -0.830. The molecule has 1 aliphatic rings. The number of nitrogens with one attached hydrogen (secondary N) is 2. The van der Waals surface area contributed by atoms with Gasteiger partial charge in [0.15, 0.2) is 5.96 Å². The summed E-state index contributed by atoms with van der Waals surface area (Å²) in [6.07, 6.45) is 3.17. The van der Waals surface area contributed by atoms with Gasteiger partial charge in [0, 0.05) is 45.8 Å². The van der Waals surface area contributed by atoms with Crippen LogP contribution in [0.25, 0.3) is 0 Å². The molecule has 2 N–H and O–H groups in total. The van der Waals surface area contributed by atoms with Gasteiger partial charge in [-0.1, -0.05) is 19.1 Å². The van der Waals surface area contributed by atoms with E-state index >= 15 is 0 Å². The molecule has 0 aliphatic carbocycles. The molecular formula is C18H36IN5O. The predicted molar refractivity (Wildman–Crippen MR) is 117 cm³/mol. The molecule has 0 aromatic rings. The van der Waals surface area contributed by atoms with Crippen LogP contribution in [0.15, 0.2) is 17.1 Å². The number of hydrogen-bond donors (Lipinski definition) is 2. The molecule has 1 fully saturated rings. The summed E-state index contributed by atoms with van der Waals surface area (Å²) in [5.41, 5.74) is 1.21. The highest BCUT2D eigenvalue weighted by molar-refractivity contribution is 14.0. The smallest absolute Gasteiger partial charge is 0.243 e. The first-order valence-electron chi connectivity index (χ1n) is 8.96. The number of likely N-dealkylation sites (N-methyl/N-ethyl adjacent to an activating group) is 1. The molecule has 1 atom stereocenters. The lowest BCUT2D eigenvalue weighted by atomic mass is 10.0. The van der Waals surface area contributed by atoms with Gasteiger partial charge in [-0.15, -0.1) is 24.0 Å². The number of nitrogens with zero attached hydrogens (tertiary/aromatic N) is 3. The normalized spacial score (nSPS) is 17.4. The maximum absolute atomic E-state index is 11.8. The summed E-state index contributed by atoms with van der Waals surface area (Å²) in [6, 6.07) is 0.727. The fourth-order valence-electron chi connectivity index (χ4n) is 2.57. The van der Waals surface area contributed by atoms with E-state index in [-0.39, 0.29) is 36.4 Å². The summed E-state index contributed by atoms with van der Waals surface area (Å²) in [6.45, 7) is 13.6. The van der Waals surface area contributed by atoms with Gasteiger partial charge >= 0.3 is 0 Å². The van der Waals surface area contributed by atoms with Crippen LogP contribution in [-0.4, -0.2) is 74.0 Å². The molecule has 1 rings (SSSR count). The molecule has 0 saturated carbocycles. The summed E-state index contributed by atoms with van der Waals surface area (Å²) in [5, 5.41) is 6.90. The van der Waals surface area contributed by atoms with Crippen molar-refractivity contribution in [2.45, 2.75) is 52.1 Å². The Morgan fingerprint density at radius 2 is 1.96 bits per heavy atom. The van der Waals surface area contributed by atoms with Gasteiger partial charge in [0.1, 0.15) is 6.54 Å². The van der Waals surface area contributed by atoms with E-state index in [2.05, 4.69) is 47.9 Å². The van der Waals surface area contributed by atoms with E-state index < -0.39 is 0 Å². The molecule has 1 amide bonds. The molecule has 1 saturated heterocycles. The second-order valence-corrected chi connectivity index (χ2v) is 7.06. The third kappa shape index (κ3) is 10.0. The largest absolute Gasteiger partial charge is 0.354 e. The van der Waals surface area contributed by atoms with Crippen molar-refractivity contribution in [3.63, 3.8) is 0 Å². The Balaban J connectivity index is 0.00000576. The Labute approximate surface area is 170 Å². The van der Waals surface area contributed by atoms with Crippen molar-refractivity contribution in [3.8, 4) is 0 Å². The SMILES string of the molecule is C=C(C)CN1CCC(NC(=NCC(=O)N(C)C)NC(C)CC)CC1.I. The highest BCUT2D eigenvalue weighted by atomic mass is 127. The minimum atomic E-state index is 0. The van der Waals surface area contributed by atoms with Gasteiger partial charge in [0.25, 0.3) is 0 Å². The fourth-order valence-corrected chi connectivity index (χ4v) is 2.57. The van der Waals surface area contributed by atoms with Crippen molar-refractivity contribution < 1.29 is 4.79 Å². The maximum atomic E-state index is 11.8. The van der Waals surface area contributed by atoms with Crippen LogP contribution in [0.4, 0.5) is 0 Å². The monoisotopic (exact) mass is 465 g/mol. The number of guanidine groups is 1. The van der Waals surface area contributed by atoms with E-state index in [1.165, 1.54) is 5.57 Å². The number of rotatable bonds is 7. The van der Waals surface area contributed by atoms with Crippen LogP contribution in [0, 0.1) is 0 Å². The van der Waals surface area contributed by atoms with E-state index in [9.17, 15) is 4.79 Å². The highest BCUT2D eigenvalue weighted by Crippen LogP contribution is 2.11. The molecular weight excluding hydrogens is 429 g/mol. The molecule has 7 heteroatoms. The fraction of sp³-hybridized carbons (Fsp3) is 0.778. The average Bonchev–Trinajstić information content (AvgIpc) is 2.53. The lowest BCUT2D eigenvalue weighted by Gasteiger charge is -2.33. The van der Waals surface area contributed by atoms with Crippen LogP contribution in [-0.2, 0) is 4.79 Å². The average molecular weight is 465 g/mol. The number of likely N-dealkylation sites (tertiary alicyclic amines) is 1. The van der Waals surface area contributed by atoms with E-state index in [1.54, 1.807) is 19.0 Å². The van der Waals surface area contributed by atoms with E-state index in [0.717, 1.165) is 44.9 Å². The van der Waals surface area contributed by atoms with Gasteiger partial charge in [0.2, 0.25) is 5.91 Å². The third-order valence-corrected chi connectivity index (χ3v) is 4.29. The lowest BCUT2D eigenvalue weighted by Crippen LogP contribution is -2.50. The second-order valence-electron chi connectivity index (χ2n) is 7.06. The van der Waals surface area contributed by atoms with Gasteiger partial charge in [-0.2, -0.15) is 0 Å². The van der Waals surface area contributed by atoms with Crippen LogP contribution in [0.2, 0.25) is 0 Å². The number of amides is 1. The maximum Gasteiger partial charge on any atom is 0.243 e. The second kappa shape index (κ2) is 12.5. The van der Waals surface area contributed by atoms with Crippen molar-refractivity contribution in [2.24, 2.45) is 4.99 Å². The summed E-state index contributed by atoms with van der Waals surface area (Å²) in [4.78, 5) is 20.3. The third-order valence-electron chi connectivity index (χ3n) is 4.29. The lowest BCUT2D eigenvalue weighted by molar-refractivity contribution is -0.127. The Kier molecular flexibility index (Phi) is 12.1. The summed E-state index contributed by atoms with van der Waals surface area (Å²) >= 11 is 0. The molecule has 25 heavy (non-hydrogen) atoms. The molecule has 0 radical (unpaired) electrons. The highest BCUT2D eigenvalue weighted by Gasteiger charge is 2.20. The standard InChI is InChI=1S/C18H35N5O.HI/c1-7-15(4)20-18(19-12-17(24)22(5)6)21-16-8-10-23(11-9-16)13-14(2)3;/h15-16H,2,7-13H2,1,3-6H3,(H2,19,20,21);1H. The van der Waals surface area contributed by atoms with Crippen molar-refractivity contribution >= 4 is 35.8 Å². The first-order valence-corrected chi connectivity index (χ1v) is 8.96. The van der Waals surface area contributed by atoms with Crippen LogP contribution >= 0.6 is 24.0 Å². The van der Waals surface area contributed by atoms with E-state index in [1.807, 2.05) is 0 Å². The summed E-state index contributed by atoms with van der Waals surface area (Å²) in [5.74, 6) is 0.759. The van der Waals surface area contributed by atoms with Crippen molar-refractivity contribution in [1.82, 2.24) is 20.4 Å². The molecule has 1 aliphatic heterocycles. The first-order chi connectivity index (χ1) is 11.3. The molecule has 1 heterocycles. The molecule has 6 nitrogen and oxygen atoms in total. The first kappa shape index (κ1) is 24.2. The Morgan fingerprint density at radius 1 is 1.36 bits per heavy atom.